The van der Waals surface area contributed by atoms with Gasteiger partial charge in [-0.15, -0.1) is 11.3 Å². The standard InChI is InChI=1S/C43H27NS2/c1-5-16-32-29(13-1)30-14-2-6-17-33(30)43(32)34-18-7-10-22-39(34)46-40-25-24-27(26-35(40)43)28-12-3-8-19-36(28)44-37-20-11-23-41-42(37)31-15-4-9-21-38(31)45-41/h1-26,44H. The highest BCUT2D eigenvalue weighted by molar-refractivity contribution is 7.99. The number of rotatable bonds is 3. The third kappa shape index (κ3) is 3.58. The van der Waals surface area contributed by atoms with Crippen molar-refractivity contribution in [3.63, 3.8) is 0 Å². The van der Waals surface area contributed by atoms with Gasteiger partial charge in [0.25, 0.3) is 0 Å². The first-order chi connectivity index (χ1) is 22.8. The maximum atomic E-state index is 3.88. The fourth-order valence-corrected chi connectivity index (χ4v) is 10.2. The summed E-state index contributed by atoms with van der Waals surface area (Å²) in [6.07, 6.45) is 0. The summed E-state index contributed by atoms with van der Waals surface area (Å²) >= 11 is 3.75. The van der Waals surface area contributed by atoms with Gasteiger partial charge in [0.15, 0.2) is 0 Å². The van der Waals surface area contributed by atoms with Crippen molar-refractivity contribution in [1.29, 1.82) is 0 Å². The highest BCUT2D eigenvalue weighted by Crippen LogP contribution is 2.62. The first-order valence-corrected chi connectivity index (χ1v) is 17.3. The van der Waals surface area contributed by atoms with Crippen molar-refractivity contribution >= 4 is 54.6 Å². The maximum Gasteiger partial charge on any atom is 0.0735 e. The van der Waals surface area contributed by atoms with Crippen LogP contribution in [-0.4, -0.2) is 0 Å². The predicted molar refractivity (Wildman–Crippen MR) is 196 cm³/mol. The Morgan fingerprint density at radius 3 is 1.87 bits per heavy atom. The molecule has 0 saturated heterocycles. The third-order valence-electron chi connectivity index (χ3n) is 9.76. The van der Waals surface area contributed by atoms with E-state index in [0.29, 0.717) is 0 Å². The molecule has 0 fully saturated rings. The van der Waals surface area contributed by atoms with Crippen molar-refractivity contribution < 1.29 is 0 Å². The van der Waals surface area contributed by atoms with Gasteiger partial charge in [0, 0.05) is 46.9 Å². The number of para-hydroxylation sites is 1. The second-order valence-corrected chi connectivity index (χ2v) is 14.3. The Morgan fingerprint density at radius 2 is 1.04 bits per heavy atom. The van der Waals surface area contributed by atoms with E-state index >= 15 is 0 Å². The van der Waals surface area contributed by atoms with E-state index in [1.165, 1.54) is 74.5 Å². The molecule has 0 bridgehead atoms. The molecule has 0 radical (unpaired) electrons. The molecule has 2 heterocycles. The fraction of sp³-hybridized carbons (Fsp3) is 0.0233. The lowest BCUT2D eigenvalue weighted by Gasteiger charge is -2.40. The topological polar surface area (TPSA) is 12.0 Å². The third-order valence-corrected chi connectivity index (χ3v) is 12.0. The predicted octanol–water partition coefficient (Wildman–Crippen LogP) is 12.3. The summed E-state index contributed by atoms with van der Waals surface area (Å²) in [6.45, 7) is 0. The summed E-state index contributed by atoms with van der Waals surface area (Å²) in [5.41, 5.74) is 12.4. The Hall–Kier alpha value is -5.09. The number of thiophene rings is 1. The summed E-state index contributed by atoms with van der Waals surface area (Å²) in [6, 6.07) is 58.2. The zero-order valence-corrected chi connectivity index (χ0v) is 26.5. The SMILES string of the molecule is c1ccc(-c2ccc3c(c2)C2(c4ccccc4S3)c3ccccc3-c3ccccc32)c(Nc2cccc3sc4ccccc4c23)c1. The van der Waals surface area contributed by atoms with Crippen LogP contribution >= 0.6 is 23.1 Å². The van der Waals surface area contributed by atoms with Crippen LogP contribution in [0.4, 0.5) is 11.4 Å². The molecule has 1 aliphatic carbocycles. The minimum Gasteiger partial charge on any atom is -0.354 e. The van der Waals surface area contributed by atoms with Gasteiger partial charge in [-0.1, -0.05) is 127 Å². The monoisotopic (exact) mass is 621 g/mol. The molecule has 0 amide bonds. The minimum absolute atomic E-state index is 0.385. The van der Waals surface area contributed by atoms with Crippen LogP contribution in [0.2, 0.25) is 0 Å². The molecule has 10 rings (SSSR count). The van der Waals surface area contributed by atoms with Crippen molar-refractivity contribution in [2.24, 2.45) is 0 Å². The van der Waals surface area contributed by atoms with Crippen molar-refractivity contribution in [2.45, 2.75) is 15.2 Å². The molecule has 1 N–H and O–H groups in total. The lowest BCUT2D eigenvalue weighted by molar-refractivity contribution is 0.723. The van der Waals surface area contributed by atoms with Crippen LogP contribution in [0.3, 0.4) is 0 Å². The van der Waals surface area contributed by atoms with Crippen LogP contribution in [0.25, 0.3) is 42.4 Å². The molecular weight excluding hydrogens is 595 g/mol. The van der Waals surface area contributed by atoms with Gasteiger partial charge in [-0.25, -0.2) is 0 Å². The zero-order chi connectivity index (χ0) is 30.2. The molecule has 46 heavy (non-hydrogen) atoms. The van der Waals surface area contributed by atoms with E-state index in [4.69, 9.17) is 0 Å². The van der Waals surface area contributed by atoms with Gasteiger partial charge in [-0.05, 0) is 81.4 Å². The highest BCUT2D eigenvalue weighted by atomic mass is 32.2. The largest absolute Gasteiger partial charge is 0.354 e. The molecule has 1 aliphatic heterocycles. The van der Waals surface area contributed by atoms with Gasteiger partial charge in [-0.3, -0.25) is 0 Å². The maximum absolute atomic E-state index is 3.88. The van der Waals surface area contributed by atoms with Crippen LogP contribution in [0.15, 0.2) is 168 Å². The van der Waals surface area contributed by atoms with Crippen LogP contribution in [-0.2, 0) is 5.41 Å². The molecule has 0 saturated carbocycles. The quantitative estimate of drug-likeness (QED) is 0.211. The number of anilines is 2. The van der Waals surface area contributed by atoms with Crippen LogP contribution < -0.4 is 5.32 Å². The van der Waals surface area contributed by atoms with Gasteiger partial charge in [-0.2, -0.15) is 0 Å². The highest BCUT2D eigenvalue weighted by Gasteiger charge is 2.50. The Kier molecular flexibility index (Phi) is 5.66. The van der Waals surface area contributed by atoms with Gasteiger partial charge >= 0.3 is 0 Å². The summed E-state index contributed by atoms with van der Waals surface area (Å²) < 4.78 is 2.61. The average Bonchev–Trinajstić information content (AvgIpc) is 3.64. The molecule has 2 aliphatic rings. The van der Waals surface area contributed by atoms with Crippen molar-refractivity contribution in [2.75, 3.05) is 5.32 Å². The van der Waals surface area contributed by atoms with E-state index < -0.39 is 0 Å². The van der Waals surface area contributed by atoms with E-state index in [1.807, 2.05) is 23.1 Å². The van der Waals surface area contributed by atoms with Crippen molar-refractivity contribution in [1.82, 2.24) is 0 Å². The number of hydrogen-bond donors (Lipinski definition) is 1. The lowest BCUT2D eigenvalue weighted by atomic mass is 9.67. The normalized spacial score (nSPS) is 13.7. The molecule has 1 aromatic heterocycles. The molecule has 216 valence electrons. The Morgan fingerprint density at radius 1 is 0.435 bits per heavy atom. The van der Waals surface area contributed by atoms with Gasteiger partial charge in [0.05, 0.1) is 5.41 Å². The molecule has 0 unspecified atom stereocenters. The minimum atomic E-state index is -0.385. The fourth-order valence-electron chi connectivity index (χ4n) is 7.89. The molecule has 7 aromatic carbocycles. The molecule has 8 aromatic rings. The van der Waals surface area contributed by atoms with Gasteiger partial charge < -0.3 is 5.32 Å². The van der Waals surface area contributed by atoms with Crippen molar-refractivity contribution in [3.05, 3.63) is 180 Å². The zero-order valence-electron chi connectivity index (χ0n) is 24.8. The first-order valence-electron chi connectivity index (χ1n) is 15.7. The average molecular weight is 622 g/mol. The van der Waals surface area contributed by atoms with E-state index in [1.54, 1.807) is 0 Å². The van der Waals surface area contributed by atoms with Gasteiger partial charge in [0.1, 0.15) is 0 Å². The molecular formula is C43H27NS2. The van der Waals surface area contributed by atoms with Gasteiger partial charge in [0.2, 0.25) is 0 Å². The Balaban J connectivity index is 1.19. The van der Waals surface area contributed by atoms with Crippen molar-refractivity contribution in [3.8, 4) is 22.3 Å². The van der Waals surface area contributed by atoms with E-state index in [2.05, 4.69) is 163 Å². The first kappa shape index (κ1) is 26.2. The summed E-state index contributed by atoms with van der Waals surface area (Å²) in [5.74, 6) is 0. The number of hydrogen-bond acceptors (Lipinski definition) is 3. The smallest absolute Gasteiger partial charge is 0.0735 e. The molecule has 0 atom stereocenters. The van der Waals surface area contributed by atoms with E-state index in [0.717, 1.165) is 11.4 Å². The Bertz CT molecular complexity index is 2460. The summed E-state index contributed by atoms with van der Waals surface area (Å²) in [5, 5.41) is 6.47. The molecule has 1 nitrogen and oxygen atoms in total. The van der Waals surface area contributed by atoms with E-state index in [-0.39, 0.29) is 5.41 Å². The Labute approximate surface area is 276 Å². The lowest BCUT2D eigenvalue weighted by Crippen LogP contribution is -2.32. The van der Waals surface area contributed by atoms with Crippen LogP contribution in [0.1, 0.15) is 22.3 Å². The molecule has 3 heteroatoms. The number of nitrogens with one attached hydrogen (secondary N) is 1. The van der Waals surface area contributed by atoms with E-state index in [9.17, 15) is 0 Å². The molecule has 1 spiro atoms. The second-order valence-electron chi connectivity index (χ2n) is 12.1. The van der Waals surface area contributed by atoms with Crippen LogP contribution in [0, 0.1) is 0 Å². The number of benzene rings is 7. The second kappa shape index (κ2) is 9.95. The summed E-state index contributed by atoms with van der Waals surface area (Å²) in [4.78, 5) is 2.64. The van der Waals surface area contributed by atoms with Crippen LogP contribution in [0.5, 0.6) is 0 Å². The summed E-state index contributed by atoms with van der Waals surface area (Å²) in [7, 11) is 0. The number of fused-ring (bicyclic) bond motifs is 12.